The van der Waals surface area contributed by atoms with Crippen molar-refractivity contribution in [3.05, 3.63) is 0 Å². The van der Waals surface area contributed by atoms with Crippen molar-refractivity contribution in [2.45, 2.75) is 70.8 Å². The lowest BCUT2D eigenvalue weighted by molar-refractivity contribution is -0.0725. The number of ether oxygens (including phenoxy) is 1. The summed E-state index contributed by atoms with van der Waals surface area (Å²) in [7, 11) is 0. The van der Waals surface area contributed by atoms with Crippen LogP contribution in [0.5, 0.6) is 0 Å². The molecule has 0 radical (unpaired) electrons. The molecule has 1 aliphatic rings. The first-order valence-corrected chi connectivity index (χ1v) is 7.10. The third-order valence-corrected chi connectivity index (χ3v) is 4.12. The van der Waals surface area contributed by atoms with Crippen LogP contribution in [0.4, 0.5) is 0 Å². The predicted molar refractivity (Wildman–Crippen MR) is 69.5 cm³/mol. The molecule has 1 fully saturated rings. The molecule has 0 spiro atoms. The summed E-state index contributed by atoms with van der Waals surface area (Å²) < 4.78 is 6.09. The minimum atomic E-state index is 0.0272. The first-order chi connectivity index (χ1) is 7.76. The number of hydrogen-bond acceptors (Lipinski definition) is 2. The van der Waals surface area contributed by atoms with Crippen LogP contribution in [0.2, 0.25) is 0 Å². The van der Waals surface area contributed by atoms with Gasteiger partial charge in [-0.2, -0.15) is 0 Å². The molecule has 0 atom stereocenters. The first kappa shape index (κ1) is 14.0. The summed E-state index contributed by atoms with van der Waals surface area (Å²) in [5.74, 6) is 0.916. The molecule has 16 heavy (non-hydrogen) atoms. The molecule has 0 aliphatic heterocycles. The molecule has 1 saturated carbocycles. The third-order valence-electron chi connectivity index (χ3n) is 4.12. The van der Waals surface area contributed by atoms with Gasteiger partial charge in [-0.05, 0) is 38.0 Å². The second kappa shape index (κ2) is 7.29. The Morgan fingerprint density at radius 1 is 1.19 bits per heavy atom. The van der Waals surface area contributed by atoms with Gasteiger partial charge in [-0.25, -0.2) is 0 Å². The van der Waals surface area contributed by atoms with E-state index in [1.165, 1.54) is 51.4 Å². The average Bonchev–Trinajstić information content (AvgIpc) is 2.35. The zero-order valence-corrected chi connectivity index (χ0v) is 11.1. The Morgan fingerprint density at radius 3 is 2.38 bits per heavy atom. The van der Waals surface area contributed by atoms with Crippen molar-refractivity contribution >= 4 is 0 Å². The summed E-state index contributed by atoms with van der Waals surface area (Å²) in [5.41, 5.74) is 5.94. The minimum Gasteiger partial charge on any atom is -0.374 e. The maximum absolute atomic E-state index is 6.09. The van der Waals surface area contributed by atoms with Gasteiger partial charge in [0.2, 0.25) is 0 Å². The lowest BCUT2D eigenvalue weighted by Gasteiger charge is -2.39. The number of nitrogens with two attached hydrogens (primary N) is 1. The normalized spacial score (nSPS) is 30.6. The standard InChI is InChI=1S/C14H29NO/c1-3-5-6-11-16-14(12-15)9-7-13(4-2)8-10-14/h13H,3-12,15H2,1-2H3. The summed E-state index contributed by atoms with van der Waals surface area (Å²) in [4.78, 5) is 0. The van der Waals surface area contributed by atoms with E-state index in [0.717, 1.165) is 12.5 Å². The first-order valence-electron chi connectivity index (χ1n) is 7.10. The Balaban J connectivity index is 2.28. The Labute approximate surface area is 101 Å². The van der Waals surface area contributed by atoms with E-state index in [1.807, 2.05) is 0 Å². The molecule has 0 saturated heterocycles. The van der Waals surface area contributed by atoms with Crippen LogP contribution in [-0.4, -0.2) is 18.8 Å². The highest BCUT2D eigenvalue weighted by Gasteiger charge is 2.34. The highest BCUT2D eigenvalue weighted by molar-refractivity contribution is 4.88. The van der Waals surface area contributed by atoms with Gasteiger partial charge in [0.05, 0.1) is 5.60 Å². The minimum absolute atomic E-state index is 0.0272. The van der Waals surface area contributed by atoms with Crippen molar-refractivity contribution in [2.24, 2.45) is 11.7 Å². The fourth-order valence-corrected chi connectivity index (χ4v) is 2.66. The van der Waals surface area contributed by atoms with Gasteiger partial charge in [0.25, 0.3) is 0 Å². The van der Waals surface area contributed by atoms with Crippen LogP contribution in [0.1, 0.15) is 65.2 Å². The maximum atomic E-state index is 6.09. The monoisotopic (exact) mass is 227 g/mol. The molecular weight excluding hydrogens is 198 g/mol. The Bertz CT molecular complexity index is 174. The highest BCUT2D eigenvalue weighted by Crippen LogP contribution is 2.35. The van der Waals surface area contributed by atoms with Gasteiger partial charge in [0.15, 0.2) is 0 Å². The smallest absolute Gasteiger partial charge is 0.0804 e. The van der Waals surface area contributed by atoms with E-state index in [-0.39, 0.29) is 5.60 Å². The molecule has 2 nitrogen and oxygen atoms in total. The summed E-state index contributed by atoms with van der Waals surface area (Å²) >= 11 is 0. The molecule has 1 rings (SSSR count). The van der Waals surface area contributed by atoms with Crippen LogP contribution in [-0.2, 0) is 4.74 Å². The summed E-state index contributed by atoms with van der Waals surface area (Å²) in [6.07, 6.45) is 10.0. The van der Waals surface area contributed by atoms with Crippen molar-refractivity contribution in [1.29, 1.82) is 0 Å². The van der Waals surface area contributed by atoms with E-state index >= 15 is 0 Å². The van der Waals surface area contributed by atoms with E-state index in [4.69, 9.17) is 10.5 Å². The van der Waals surface area contributed by atoms with Gasteiger partial charge < -0.3 is 10.5 Å². The number of hydrogen-bond donors (Lipinski definition) is 1. The fourth-order valence-electron chi connectivity index (χ4n) is 2.66. The van der Waals surface area contributed by atoms with Gasteiger partial charge in [-0.15, -0.1) is 0 Å². The van der Waals surface area contributed by atoms with Gasteiger partial charge in [-0.3, -0.25) is 0 Å². The Morgan fingerprint density at radius 2 is 1.88 bits per heavy atom. The zero-order chi connectivity index (χ0) is 11.9. The van der Waals surface area contributed by atoms with E-state index in [0.29, 0.717) is 6.54 Å². The van der Waals surface area contributed by atoms with E-state index in [2.05, 4.69) is 13.8 Å². The molecule has 0 aromatic carbocycles. The van der Waals surface area contributed by atoms with Crippen LogP contribution in [0, 0.1) is 5.92 Å². The molecule has 2 heteroatoms. The Hall–Kier alpha value is -0.0800. The lowest BCUT2D eigenvalue weighted by atomic mass is 9.77. The molecule has 0 unspecified atom stereocenters. The largest absolute Gasteiger partial charge is 0.374 e. The second-order valence-corrected chi connectivity index (χ2v) is 5.29. The number of rotatable bonds is 7. The SMILES string of the molecule is CCCCCOC1(CN)CCC(CC)CC1. The second-order valence-electron chi connectivity index (χ2n) is 5.29. The number of unbranched alkanes of at least 4 members (excludes halogenated alkanes) is 2. The third kappa shape index (κ3) is 4.06. The van der Waals surface area contributed by atoms with Crippen molar-refractivity contribution in [3.8, 4) is 0 Å². The molecule has 1 aliphatic carbocycles. The fraction of sp³-hybridized carbons (Fsp3) is 1.00. The molecule has 2 N–H and O–H groups in total. The molecule has 0 bridgehead atoms. The van der Waals surface area contributed by atoms with E-state index < -0.39 is 0 Å². The van der Waals surface area contributed by atoms with Crippen molar-refractivity contribution in [3.63, 3.8) is 0 Å². The van der Waals surface area contributed by atoms with Crippen molar-refractivity contribution in [2.75, 3.05) is 13.2 Å². The van der Waals surface area contributed by atoms with Crippen LogP contribution >= 0.6 is 0 Å². The summed E-state index contributed by atoms with van der Waals surface area (Å²) in [6.45, 7) is 6.13. The van der Waals surface area contributed by atoms with Crippen molar-refractivity contribution < 1.29 is 4.74 Å². The van der Waals surface area contributed by atoms with Crippen molar-refractivity contribution in [1.82, 2.24) is 0 Å². The summed E-state index contributed by atoms with van der Waals surface area (Å²) in [5, 5.41) is 0. The van der Waals surface area contributed by atoms with Gasteiger partial charge in [0.1, 0.15) is 0 Å². The molecule has 0 heterocycles. The Kier molecular flexibility index (Phi) is 6.37. The van der Waals surface area contributed by atoms with Crippen LogP contribution in [0.15, 0.2) is 0 Å². The molecule has 0 amide bonds. The average molecular weight is 227 g/mol. The molecular formula is C14H29NO. The van der Waals surface area contributed by atoms with Gasteiger partial charge in [0, 0.05) is 13.2 Å². The zero-order valence-electron chi connectivity index (χ0n) is 11.1. The van der Waals surface area contributed by atoms with E-state index in [9.17, 15) is 0 Å². The topological polar surface area (TPSA) is 35.2 Å². The molecule has 0 aromatic heterocycles. The van der Waals surface area contributed by atoms with Crippen LogP contribution < -0.4 is 5.73 Å². The molecule has 0 aromatic rings. The van der Waals surface area contributed by atoms with Crippen LogP contribution in [0.3, 0.4) is 0 Å². The highest BCUT2D eigenvalue weighted by atomic mass is 16.5. The van der Waals surface area contributed by atoms with E-state index in [1.54, 1.807) is 0 Å². The van der Waals surface area contributed by atoms with Gasteiger partial charge in [-0.1, -0.05) is 33.1 Å². The van der Waals surface area contributed by atoms with Crippen LogP contribution in [0.25, 0.3) is 0 Å². The maximum Gasteiger partial charge on any atom is 0.0804 e. The lowest BCUT2D eigenvalue weighted by Crippen LogP contribution is -2.44. The summed E-state index contributed by atoms with van der Waals surface area (Å²) in [6, 6.07) is 0. The quantitative estimate of drug-likeness (QED) is 0.676. The molecule has 96 valence electrons. The van der Waals surface area contributed by atoms with Gasteiger partial charge >= 0.3 is 0 Å². The predicted octanol–water partition coefficient (Wildman–Crippen LogP) is 3.49.